The maximum absolute atomic E-state index is 13.0. The van der Waals surface area contributed by atoms with Crippen molar-refractivity contribution in [3.63, 3.8) is 0 Å². The number of aryl methyl sites for hydroxylation is 1. The number of anilines is 1. The molecule has 2 bridgehead atoms. The van der Waals surface area contributed by atoms with Crippen LogP contribution in [0, 0.1) is 24.1 Å². The van der Waals surface area contributed by atoms with Gasteiger partial charge in [0.2, 0.25) is 5.91 Å². The van der Waals surface area contributed by atoms with Crippen molar-refractivity contribution >= 4 is 28.8 Å². The molecule has 3 saturated carbocycles. The predicted molar refractivity (Wildman–Crippen MR) is 97.5 cm³/mol. The minimum Gasteiger partial charge on any atom is -0.345 e. The molecule has 0 radical (unpaired) electrons. The molecule has 0 aliphatic heterocycles. The second kappa shape index (κ2) is 5.87. The highest BCUT2D eigenvalue weighted by molar-refractivity contribution is 7.09. The lowest BCUT2D eigenvalue weighted by Gasteiger charge is -2.72. The molecule has 2 amide bonds. The summed E-state index contributed by atoms with van der Waals surface area (Å²) in [5.41, 5.74) is 0.833. The van der Waals surface area contributed by atoms with Gasteiger partial charge in [0.15, 0.2) is 0 Å². The van der Waals surface area contributed by atoms with Crippen molar-refractivity contribution in [3.8, 4) is 0 Å². The molecule has 5 nitrogen and oxygen atoms in total. The summed E-state index contributed by atoms with van der Waals surface area (Å²) in [7, 11) is 0. The summed E-state index contributed by atoms with van der Waals surface area (Å²) in [6.45, 7) is 3.80. The van der Waals surface area contributed by atoms with Crippen molar-refractivity contribution in [3.05, 3.63) is 46.2 Å². The van der Waals surface area contributed by atoms with Crippen LogP contribution >= 0.6 is 11.3 Å². The Bertz CT molecular complexity index is 857. The Morgan fingerprint density at radius 3 is 2.46 bits per heavy atom. The van der Waals surface area contributed by atoms with E-state index in [1.165, 1.54) is 23.5 Å². The van der Waals surface area contributed by atoms with E-state index in [4.69, 9.17) is 0 Å². The molecule has 136 valence electrons. The smallest absolute Gasteiger partial charge is 0.271 e. The zero-order valence-electron chi connectivity index (χ0n) is 14.6. The number of thiazole rings is 1. The van der Waals surface area contributed by atoms with Gasteiger partial charge in [-0.15, -0.1) is 11.3 Å². The number of benzene rings is 1. The summed E-state index contributed by atoms with van der Waals surface area (Å²) >= 11 is 1.46. The first-order valence-corrected chi connectivity index (χ1v) is 9.50. The molecular weight excluding hydrogens is 353 g/mol. The highest BCUT2D eigenvalue weighted by Crippen LogP contribution is 2.70. The largest absolute Gasteiger partial charge is 0.345 e. The fourth-order valence-electron chi connectivity index (χ4n) is 4.29. The Labute approximate surface area is 155 Å². The van der Waals surface area contributed by atoms with Crippen LogP contribution in [0.5, 0.6) is 0 Å². The van der Waals surface area contributed by atoms with Gasteiger partial charge in [0.25, 0.3) is 5.91 Å². The first-order chi connectivity index (χ1) is 12.3. The molecule has 2 aromatic rings. The van der Waals surface area contributed by atoms with Crippen LogP contribution in [0.4, 0.5) is 10.1 Å². The van der Waals surface area contributed by atoms with Crippen LogP contribution in [0.15, 0.2) is 29.6 Å². The third-order valence-electron chi connectivity index (χ3n) is 5.73. The number of carbonyl (C=O) groups is 2. The third kappa shape index (κ3) is 2.80. The number of aromatic nitrogens is 1. The number of carbonyl (C=O) groups excluding carboxylic acids is 2. The number of amides is 2. The molecule has 7 heteroatoms. The number of nitrogens with one attached hydrogen (secondary N) is 2. The van der Waals surface area contributed by atoms with Gasteiger partial charge in [-0.3, -0.25) is 9.59 Å². The summed E-state index contributed by atoms with van der Waals surface area (Å²) in [5.74, 6) is -0.686. The molecular formula is C19H20FN3O2S. The second-order valence-corrected chi connectivity index (χ2v) is 8.66. The molecule has 3 aliphatic rings. The molecule has 1 heterocycles. The molecule has 26 heavy (non-hydrogen) atoms. The van der Waals surface area contributed by atoms with Crippen LogP contribution in [-0.4, -0.2) is 22.3 Å². The standard InChI is InChI=1S/C19H20FN3O2S/c1-11(16(24)22-14-5-3-13(20)4-6-14)18-8-19(9-18,10-18)23-17(25)15-7-26-12(2)21-15/h3-7,11H,8-10H2,1-2H3,(H,22,24)(H,23,25). The van der Waals surface area contributed by atoms with E-state index in [1.807, 2.05) is 13.8 Å². The van der Waals surface area contributed by atoms with Gasteiger partial charge in [0, 0.05) is 22.5 Å². The van der Waals surface area contributed by atoms with Crippen LogP contribution in [0.2, 0.25) is 0 Å². The van der Waals surface area contributed by atoms with Gasteiger partial charge in [-0.05, 0) is 55.9 Å². The normalized spacial score (nSPS) is 27.0. The van der Waals surface area contributed by atoms with E-state index < -0.39 is 0 Å². The van der Waals surface area contributed by atoms with Crippen molar-refractivity contribution in [2.45, 2.75) is 38.6 Å². The second-order valence-electron chi connectivity index (χ2n) is 7.60. The Balaban J connectivity index is 1.33. The van der Waals surface area contributed by atoms with Crippen molar-refractivity contribution in [1.82, 2.24) is 10.3 Å². The van der Waals surface area contributed by atoms with E-state index in [-0.39, 0.29) is 34.5 Å². The minimum absolute atomic E-state index is 0.0462. The zero-order valence-corrected chi connectivity index (χ0v) is 15.5. The van der Waals surface area contributed by atoms with E-state index in [0.29, 0.717) is 11.4 Å². The first kappa shape index (κ1) is 17.1. The molecule has 3 aliphatic carbocycles. The summed E-state index contributed by atoms with van der Waals surface area (Å²) in [6.07, 6.45) is 2.44. The number of nitrogens with zero attached hydrogens (tertiary/aromatic N) is 1. The summed E-state index contributed by atoms with van der Waals surface area (Å²) in [6, 6.07) is 5.76. The van der Waals surface area contributed by atoms with Crippen LogP contribution in [0.25, 0.3) is 0 Å². The topological polar surface area (TPSA) is 71.1 Å². The summed E-state index contributed by atoms with van der Waals surface area (Å²) in [5, 5.41) is 8.58. The lowest BCUT2D eigenvalue weighted by Crippen LogP contribution is -2.77. The van der Waals surface area contributed by atoms with Gasteiger partial charge in [-0.2, -0.15) is 0 Å². The first-order valence-electron chi connectivity index (χ1n) is 8.62. The molecule has 2 N–H and O–H groups in total. The lowest BCUT2D eigenvalue weighted by atomic mass is 9.36. The maximum Gasteiger partial charge on any atom is 0.271 e. The zero-order chi connectivity index (χ0) is 18.5. The Morgan fingerprint density at radius 1 is 1.23 bits per heavy atom. The van der Waals surface area contributed by atoms with Gasteiger partial charge in [-0.1, -0.05) is 6.92 Å². The molecule has 0 saturated heterocycles. The quantitative estimate of drug-likeness (QED) is 0.842. The van der Waals surface area contributed by atoms with Crippen LogP contribution in [0.1, 0.15) is 41.7 Å². The Morgan fingerprint density at radius 2 is 1.88 bits per heavy atom. The minimum atomic E-state index is -0.330. The average Bonchev–Trinajstić information content (AvgIpc) is 2.97. The van der Waals surface area contributed by atoms with E-state index in [9.17, 15) is 14.0 Å². The van der Waals surface area contributed by atoms with E-state index >= 15 is 0 Å². The van der Waals surface area contributed by atoms with Crippen molar-refractivity contribution in [1.29, 1.82) is 0 Å². The highest BCUT2D eigenvalue weighted by Gasteiger charge is 2.71. The van der Waals surface area contributed by atoms with Gasteiger partial charge >= 0.3 is 0 Å². The van der Waals surface area contributed by atoms with Crippen molar-refractivity contribution in [2.75, 3.05) is 5.32 Å². The number of hydrogen-bond donors (Lipinski definition) is 2. The number of halogens is 1. The number of rotatable bonds is 5. The van der Waals surface area contributed by atoms with Crippen LogP contribution in [0.3, 0.4) is 0 Å². The SMILES string of the molecule is Cc1nc(C(=O)NC23CC(C(C)C(=O)Nc4ccc(F)cc4)(C2)C3)cs1. The van der Waals surface area contributed by atoms with E-state index in [2.05, 4.69) is 15.6 Å². The molecule has 1 atom stereocenters. The van der Waals surface area contributed by atoms with E-state index in [0.717, 1.165) is 24.3 Å². The van der Waals surface area contributed by atoms with Gasteiger partial charge in [-0.25, -0.2) is 9.37 Å². The number of hydrogen-bond acceptors (Lipinski definition) is 4. The molecule has 1 aromatic heterocycles. The van der Waals surface area contributed by atoms with Crippen LogP contribution in [-0.2, 0) is 4.79 Å². The summed E-state index contributed by atoms with van der Waals surface area (Å²) in [4.78, 5) is 29.0. The monoisotopic (exact) mass is 373 g/mol. The van der Waals surface area contributed by atoms with E-state index in [1.54, 1.807) is 17.5 Å². The van der Waals surface area contributed by atoms with Crippen LogP contribution < -0.4 is 10.6 Å². The molecule has 0 spiro atoms. The average molecular weight is 373 g/mol. The molecule has 1 unspecified atom stereocenters. The molecule has 3 fully saturated rings. The van der Waals surface area contributed by atoms with Crippen molar-refractivity contribution in [2.24, 2.45) is 11.3 Å². The predicted octanol–water partition coefficient (Wildman–Crippen LogP) is 3.52. The van der Waals surface area contributed by atoms with Gasteiger partial charge in [0.05, 0.1) is 5.01 Å². The lowest BCUT2D eigenvalue weighted by molar-refractivity contribution is -0.184. The fourth-order valence-corrected chi connectivity index (χ4v) is 4.89. The highest BCUT2D eigenvalue weighted by atomic mass is 32.1. The van der Waals surface area contributed by atoms with Crippen molar-refractivity contribution < 1.29 is 14.0 Å². The Kier molecular flexibility index (Phi) is 3.87. The fraction of sp³-hybridized carbons (Fsp3) is 0.421. The Hall–Kier alpha value is -2.28. The molecule has 1 aromatic carbocycles. The van der Waals surface area contributed by atoms with Gasteiger partial charge in [0.1, 0.15) is 11.5 Å². The molecule has 5 rings (SSSR count). The van der Waals surface area contributed by atoms with Gasteiger partial charge < -0.3 is 10.6 Å². The maximum atomic E-state index is 13.0. The third-order valence-corrected chi connectivity index (χ3v) is 6.50. The summed E-state index contributed by atoms with van der Waals surface area (Å²) < 4.78 is 13.0.